The van der Waals surface area contributed by atoms with E-state index in [2.05, 4.69) is 25.9 Å². The van der Waals surface area contributed by atoms with Gasteiger partial charge in [0.05, 0.1) is 0 Å². The first kappa shape index (κ1) is 20.7. The minimum atomic E-state index is -4.63. The molecule has 33 heavy (non-hydrogen) atoms. The molecule has 0 aliphatic carbocycles. The van der Waals surface area contributed by atoms with Gasteiger partial charge in [-0.3, -0.25) is 4.79 Å². The fourth-order valence-electron chi connectivity index (χ4n) is 3.80. The van der Waals surface area contributed by atoms with Crippen molar-refractivity contribution in [1.82, 2.24) is 9.97 Å². The van der Waals surface area contributed by atoms with Crippen LogP contribution < -0.4 is 16.0 Å². The van der Waals surface area contributed by atoms with Crippen molar-refractivity contribution in [2.75, 3.05) is 16.0 Å². The van der Waals surface area contributed by atoms with Gasteiger partial charge in [0.2, 0.25) is 11.9 Å². The fraction of sp³-hybridized carbons (Fsp3) is 0.125. The molecule has 5 rings (SSSR count). The average molecular weight is 449 g/mol. The minimum Gasteiger partial charge on any atom is -0.339 e. The molecule has 0 bridgehead atoms. The molecule has 3 N–H and O–H groups in total. The van der Waals surface area contributed by atoms with Crippen LogP contribution in [0.25, 0.3) is 10.8 Å². The zero-order valence-electron chi connectivity index (χ0n) is 17.2. The van der Waals surface area contributed by atoms with Crippen molar-refractivity contribution < 1.29 is 18.0 Å². The second-order valence-corrected chi connectivity index (χ2v) is 7.65. The highest BCUT2D eigenvalue weighted by Crippen LogP contribution is 2.37. The van der Waals surface area contributed by atoms with Gasteiger partial charge in [0, 0.05) is 35.1 Å². The highest BCUT2D eigenvalue weighted by molar-refractivity contribution is 5.95. The Morgan fingerprint density at radius 2 is 1.76 bits per heavy atom. The van der Waals surface area contributed by atoms with Crippen molar-refractivity contribution in [3.05, 3.63) is 78.0 Å². The summed E-state index contributed by atoms with van der Waals surface area (Å²) in [6.45, 7) is 0. The van der Waals surface area contributed by atoms with Gasteiger partial charge in [0.1, 0.15) is 11.4 Å². The van der Waals surface area contributed by atoms with Crippen molar-refractivity contribution >= 4 is 45.5 Å². The number of rotatable bonds is 4. The predicted molar refractivity (Wildman–Crippen MR) is 121 cm³/mol. The van der Waals surface area contributed by atoms with Gasteiger partial charge in [-0.2, -0.15) is 18.2 Å². The number of aromatic nitrogens is 2. The van der Waals surface area contributed by atoms with Gasteiger partial charge in [0.15, 0.2) is 0 Å². The number of hydrogen-bond donors (Lipinski definition) is 3. The molecule has 0 unspecified atom stereocenters. The first-order chi connectivity index (χ1) is 15.9. The van der Waals surface area contributed by atoms with Crippen LogP contribution in [-0.4, -0.2) is 15.9 Å². The maximum Gasteiger partial charge on any atom is 0.421 e. The number of halogens is 3. The van der Waals surface area contributed by atoms with E-state index in [4.69, 9.17) is 0 Å². The molecule has 9 heteroatoms. The van der Waals surface area contributed by atoms with Crippen LogP contribution in [-0.2, 0) is 17.4 Å². The van der Waals surface area contributed by atoms with E-state index in [1.165, 1.54) is 0 Å². The number of alkyl halides is 3. The standard InChI is InChI=1S/C24H18F3N5O/c25-24(26,27)18-13-28-23(29-16-9-10-19-15(12-16)8-11-21(33)30-19)32-22(18)31-20-7-3-5-14-4-1-2-6-17(14)20/h1-7,9-10,12-13H,8,11H2,(H,30,33)(H2,28,29,31,32). The molecule has 3 aromatic carbocycles. The topological polar surface area (TPSA) is 78.9 Å². The molecule has 1 aliphatic rings. The van der Waals surface area contributed by atoms with Crippen LogP contribution >= 0.6 is 0 Å². The van der Waals surface area contributed by atoms with Crippen molar-refractivity contribution in [2.24, 2.45) is 0 Å². The Kier molecular flexibility index (Phi) is 5.08. The first-order valence-electron chi connectivity index (χ1n) is 10.3. The summed E-state index contributed by atoms with van der Waals surface area (Å²) in [7, 11) is 0. The second-order valence-electron chi connectivity index (χ2n) is 7.65. The molecule has 0 fully saturated rings. The van der Waals surface area contributed by atoms with Crippen LogP contribution in [0.5, 0.6) is 0 Å². The Balaban J connectivity index is 1.49. The number of nitrogens with zero attached hydrogens (tertiary/aromatic N) is 2. The average Bonchev–Trinajstić information content (AvgIpc) is 2.79. The molecule has 0 atom stereocenters. The molecular weight excluding hydrogens is 431 g/mol. The number of benzene rings is 3. The Bertz CT molecular complexity index is 1360. The van der Waals surface area contributed by atoms with Crippen LogP contribution in [0, 0.1) is 0 Å². The molecule has 0 saturated carbocycles. The zero-order valence-corrected chi connectivity index (χ0v) is 17.2. The molecule has 2 heterocycles. The molecule has 1 aromatic heterocycles. The molecule has 166 valence electrons. The van der Waals surface area contributed by atoms with Crippen LogP contribution in [0.4, 0.5) is 42.0 Å². The fourth-order valence-corrected chi connectivity index (χ4v) is 3.80. The third-order valence-electron chi connectivity index (χ3n) is 5.39. The van der Waals surface area contributed by atoms with Gasteiger partial charge < -0.3 is 16.0 Å². The Labute approximate surface area is 186 Å². The normalized spacial score (nSPS) is 13.4. The lowest BCUT2D eigenvalue weighted by Crippen LogP contribution is -2.18. The largest absolute Gasteiger partial charge is 0.421 e. The van der Waals surface area contributed by atoms with Crippen molar-refractivity contribution in [3.8, 4) is 0 Å². The van der Waals surface area contributed by atoms with E-state index in [9.17, 15) is 18.0 Å². The van der Waals surface area contributed by atoms with Gasteiger partial charge in [-0.05, 0) is 41.6 Å². The van der Waals surface area contributed by atoms with Crippen molar-refractivity contribution in [3.63, 3.8) is 0 Å². The van der Waals surface area contributed by atoms with Crippen LogP contribution in [0.2, 0.25) is 0 Å². The number of nitrogens with one attached hydrogen (secondary N) is 3. The number of amides is 1. The van der Waals surface area contributed by atoms with Crippen LogP contribution in [0.1, 0.15) is 17.5 Å². The first-order valence-corrected chi connectivity index (χ1v) is 10.3. The van der Waals surface area contributed by atoms with Gasteiger partial charge in [0.25, 0.3) is 0 Å². The number of hydrogen-bond acceptors (Lipinski definition) is 5. The van der Waals surface area contributed by atoms with Crippen LogP contribution in [0.3, 0.4) is 0 Å². The van der Waals surface area contributed by atoms with E-state index in [0.717, 1.165) is 28.2 Å². The SMILES string of the molecule is O=C1CCc2cc(Nc3ncc(C(F)(F)F)c(Nc4cccc5ccccc45)n3)ccc2N1. The van der Waals surface area contributed by atoms with E-state index in [1.54, 1.807) is 24.3 Å². The number of carbonyl (C=O) groups excluding carboxylic acids is 1. The lowest BCUT2D eigenvalue weighted by atomic mass is 10.0. The third kappa shape index (κ3) is 4.30. The molecular formula is C24H18F3N5O. The van der Waals surface area contributed by atoms with Gasteiger partial charge >= 0.3 is 6.18 Å². The summed E-state index contributed by atoms with van der Waals surface area (Å²) in [5.41, 5.74) is 1.81. The van der Waals surface area contributed by atoms with Gasteiger partial charge in [-0.25, -0.2) is 4.98 Å². The van der Waals surface area contributed by atoms with Crippen molar-refractivity contribution in [2.45, 2.75) is 19.0 Å². The molecule has 0 saturated heterocycles. The number of aryl methyl sites for hydroxylation is 1. The number of fused-ring (bicyclic) bond motifs is 2. The van der Waals surface area contributed by atoms with Crippen molar-refractivity contribution in [1.29, 1.82) is 0 Å². The monoisotopic (exact) mass is 449 g/mol. The zero-order chi connectivity index (χ0) is 23.0. The van der Waals surface area contributed by atoms with E-state index < -0.39 is 11.7 Å². The predicted octanol–water partition coefficient (Wildman–Crippen LogP) is 6.02. The summed E-state index contributed by atoms with van der Waals surface area (Å²) in [5.74, 6) is -0.370. The lowest BCUT2D eigenvalue weighted by Gasteiger charge is -2.18. The maximum atomic E-state index is 13.7. The van der Waals surface area contributed by atoms with E-state index in [0.29, 0.717) is 24.2 Å². The van der Waals surface area contributed by atoms with E-state index in [-0.39, 0.29) is 17.7 Å². The maximum absolute atomic E-state index is 13.7. The summed E-state index contributed by atoms with van der Waals surface area (Å²) >= 11 is 0. The van der Waals surface area contributed by atoms with Crippen LogP contribution in [0.15, 0.2) is 66.9 Å². The second kappa shape index (κ2) is 8.09. The highest BCUT2D eigenvalue weighted by atomic mass is 19.4. The molecule has 6 nitrogen and oxygen atoms in total. The quantitative estimate of drug-likeness (QED) is 0.355. The molecule has 0 radical (unpaired) electrons. The number of carbonyl (C=O) groups is 1. The summed E-state index contributed by atoms with van der Waals surface area (Å²) in [5, 5.41) is 10.3. The summed E-state index contributed by atoms with van der Waals surface area (Å²) in [4.78, 5) is 19.6. The molecule has 1 aliphatic heterocycles. The summed E-state index contributed by atoms with van der Waals surface area (Å²) in [6, 6.07) is 18.0. The molecule has 0 spiro atoms. The lowest BCUT2D eigenvalue weighted by molar-refractivity contribution is -0.137. The molecule has 4 aromatic rings. The third-order valence-corrected chi connectivity index (χ3v) is 5.39. The highest BCUT2D eigenvalue weighted by Gasteiger charge is 2.35. The Hall–Kier alpha value is -4.14. The van der Waals surface area contributed by atoms with Gasteiger partial charge in [-0.15, -0.1) is 0 Å². The van der Waals surface area contributed by atoms with Gasteiger partial charge in [-0.1, -0.05) is 36.4 Å². The summed E-state index contributed by atoms with van der Waals surface area (Å²) < 4.78 is 41.0. The number of anilines is 5. The Morgan fingerprint density at radius 1 is 0.939 bits per heavy atom. The minimum absolute atomic E-state index is 0.0190. The molecule has 1 amide bonds. The Morgan fingerprint density at radius 3 is 2.61 bits per heavy atom. The van der Waals surface area contributed by atoms with E-state index >= 15 is 0 Å². The summed E-state index contributed by atoms with van der Waals surface area (Å²) in [6.07, 6.45) is -2.90. The van der Waals surface area contributed by atoms with E-state index in [1.807, 2.05) is 36.4 Å². The smallest absolute Gasteiger partial charge is 0.339 e.